The number of likely N-dealkylation sites (N-methyl/N-ethyl adjacent to an activating group) is 1. The van der Waals surface area contributed by atoms with Gasteiger partial charge in [0.05, 0.1) is 0 Å². The standard InChI is InChI=1S/C9H17ClN2O2/c1-3-12(4-2)9(14)8(13)11-7-5-6-10/h3-7H2,1-2H3,(H,11,13). The molecule has 0 aliphatic carbocycles. The summed E-state index contributed by atoms with van der Waals surface area (Å²) in [5, 5.41) is 2.52. The normalized spacial score (nSPS) is 9.64. The molecule has 0 aliphatic heterocycles. The van der Waals surface area contributed by atoms with Crippen molar-refractivity contribution in [3.05, 3.63) is 0 Å². The van der Waals surface area contributed by atoms with Gasteiger partial charge in [0.1, 0.15) is 0 Å². The first-order valence-electron chi connectivity index (χ1n) is 4.80. The number of amides is 2. The summed E-state index contributed by atoms with van der Waals surface area (Å²) < 4.78 is 0. The van der Waals surface area contributed by atoms with E-state index in [1.807, 2.05) is 13.8 Å². The van der Waals surface area contributed by atoms with E-state index in [0.29, 0.717) is 31.9 Å². The second-order valence-corrected chi connectivity index (χ2v) is 3.15. The van der Waals surface area contributed by atoms with Crippen LogP contribution < -0.4 is 5.32 Å². The molecule has 82 valence electrons. The van der Waals surface area contributed by atoms with Crippen molar-refractivity contribution >= 4 is 23.4 Å². The lowest BCUT2D eigenvalue weighted by Gasteiger charge is -2.17. The molecule has 0 bridgehead atoms. The monoisotopic (exact) mass is 220 g/mol. The summed E-state index contributed by atoms with van der Waals surface area (Å²) in [5.41, 5.74) is 0. The van der Waals surface area contributed by atoms with E-state index in [9.17, 15) is 9.59 Å². The van der Waals surface area contributed by atoms with Gasteiger partial charge in [-0.1, -0.05) is 0 Å². The molecule has 0 spiro atoms. The molecule has 1 N–H and O–H groups in total. The minimum Gasteiger partial charge on any atom is -0.348 e. The van der Waals surface area contributed by atoms with E-state index >= 15 is 0 Å². The zero-order chi connectivity index (χ0) is 11.0. The van der Waals surface area contributed by atoms with E-state index < -0.39 is 11.8 Å². The van der Waals surface area contributed by atoms with E-state index in [1.54, 1.807) is 0 Å². The summed E-state index contributed by atoms with van der Waals surface area (Å²) in [4.78, 5) is 24.1. The van der Waals surface area contributed by atoms with Crippen molar-refractivity contribution in [2.45, 2.75) is 20.3 Å². The topological polar surface area (TPSA) is 49.4 Å². The fourth-order valence-electron chi connectivity index (χ4n) is 0.999. The van der Waals surface area contributed by atoms with Gasteiger partial charge in [-0.05, 0) is 20.3 Å². The smallest absolute Gasteiger partial charge is 0.311 e. The molecule has 0 atom stereocenters. The Morgan fingerprint density at radius 3 is 2.29 bits per heavy atom. The highest BCUT2D eigenvalue weighted by atomic mass is 35.5. The van der Waals surface area contributed by atoms with Crippen LogP contribution in [0.2, 0.25) is 0 Å². The van der Waals surface area contributed by atoms with Gasteiger partial charge in [-0.2, -0.15) is 0 Å². The van der Waals surface area contributed by atoms with Gasteiger partial charge in [-0.25, -0.2) is 0 Å². The van der Waals surface area contributed by atoms with Gasteiger partial charge < -0.3 is 10.2 Å². The average molecular weight is 221 g/mol. The summed E-state index contributed by atoms with van der Waals surface area (Å²) in [5.74, 6) is -0.525. The van der Waals surface area contributed by atoms with Crippen LogP contribution in [0.25, 0.3) is 0 Å². The van der Waals surface area contributed by atoms with Gasteiger partial charge in [-0.15, -0.1) is 11.6 Å². The minimum absolute atomic E-state index is 0.454. The highest BCUT2D eigenvalue weighted by molar-refractivity contribution is 6.35. The van der Waals surface area contributed by atoms with Gasteiger partial charge in [0.2, 0.25) is 0 Å². The van der Waals surface area contributed by atoms with Gasteiger partial charge in [0, 0.05) is 25.5 Å². The quantitative estimate of drug-likeness (QED) is 0.419. The van der Waals surface area contributed by atoms with Gasteiger partial charge in [-0.3, -0.25) is 9.59 Å². The maximum Gasteiger partial charge on any atom is 0.311 e. The van der Waals surface area contributed by atoms with Crippen LogP contribution in [0.5, 0.6) is 0 Å². The van der Waals surface area contributed by atoms with E-state index in [0.717, 1.165) is 0 Å². The number of alkyl halides is 1. The van der Waals surface area contributed by atoms with Crippen LogP contribution in [0.1, 0.15) is 20.3 Å². The molecule has 0 saturated carbocycles. The van der Waals surface area contributed by atoms with Crippen LogP contribution in [-0.2, 0) is 9.59 Å². The Morgan fingerprint density at radius 2 is 1.86 bits per heavy atom. The molecule has 0 aromatic rings. The highest BCUT2D eigenvalue weighted by Crippen LogP contribution is 1.89. The predicted octanol–water partition coefficient (Wildman–Crippen LogP) is 0.600. The summed E-state index contributed by atoms with van der Waals surface area (Å²) in [6.45, 7) is 5.24. The Kier molecular flexibility index (Phi) is 7.20. The molecule has 0 fully saturated rings. The van der Waals surface area contributed by atoms with E-state index in [-0.39, 0.29) is 0 Å². The molecule has 0 aromatic carbocycles. The minimum atomic E-state index is -0.543. The van der Waals surface area contributed by atoms with Gasteiger partial charge >= 0.3 is 11.8 Å². The first-order chi connectivity index (χ1) is 6.67. The SMILES string of the molecule is CCN(CC)C(=O)C(=O)NCCCCl. The number of rotatable bonds is 5. The zero-order valence-corrected chi connectivity index (χ0v) is 9.43. The van der Waals surface area contributed by atoms with Crippen LogP contribution in [0, 0.1) is 0 Å². The Bertz CT molecular complexity index is 193. The molecule has 0 rings (SSSR count). The van der Waals surface area contributed by atoms with Crippen molar-refractivity contribution in [2.75, 3.05) is 25.5 Å². The predicted molar refractivity (Wildman–Crippen MR) is 56.3 cm³/mol. The molecule has 14 heavy (non-hydrogen) atoms. The number of nitrogens with one attached hydrogen (secondary N) is 1. The maximum absolute atomic E-state index is 11.4. The second kappa shape index (κ2) is 7.62. The van der Waals surface area contributed by atoms with Crippen LogP contribution >= 0.6 is 11.6 Å². The van der Waals surface area contributed by atoms with Crippen LogP contribution in [0.3, 0.4) is 0 Å². The fraction of sp³-hybridized carbons (Fsp3) is 0.778. The second-order valence-electron chi connectivity index (χ2n) is 2.78. The average Bonchev–Trinajstić information content (AvgIpc) is 2.19. The summed E-state index contributed by atoms with van der Waals surface area (Å²) >= 11 is 5.44. The number of hydrogen-bond donors (Lipinski definition) is 1. The molecule has 0 saturated heterocycles. The molecule has 5 heteroatoms. The molecule has 4 nitrogen and oxygen atoms in total. The van der Waals surface area contributed by atoms with Crippen molar-refractivity contribution in [1.29, 1.82) is 0 Å². The van der Waals surface area contributed by atoms with Crippen LogP contribution in [0.4, 0.5) is 0 Å². The first-order valence-corrected chi connectivity index (χ1v) is 5.33. The Morgan fingerprint density at radius 1 is 1.29 bits per heavy atom. The fourth-order valence-corrected chi connectivity index (χ4v) is 1.13. The van der Waals surface area contributed by atoms with Crippen LogP contribution in [0.15, 0.2) is 0 Å². The third kappa shape index (κ3) is 4.46. The van der Waals surface area contributed by atoms with Gasteiger partial charge in [0.25, 0.3) is 0 Å². The van der Waals surface area contributed by atoms with E-state index in [2.05, 4.69) is 5.32 Å². The van der Waals surface area contributed by atoms with Crippen molar-refractivity contribution in [3.63, 3.8) is 0 Å². The number of hydrogen-bond acceptors (Lipinski definition) is 2. The first kappa shape index (κ1) is 13.2. The van der Waals surface area contributed by atoms with E-state index in [1.165, 1.54) is 4.90 Å². The molecular formula is C9H17ClN2O2. The maximum atomic E-state index is 11.4. The van der Waals surface area contributed by atoms with E-state index in [4.69, 9.17) is 11.6 Å². The lowest BCUT2D eigenvalue weighted by molar-refractivity contribution is -0.145. The van der Waals surface area contributed by atoms with Crippen molar-refractivity contribution < 1.29 is 9.59 Å². The number of halogens is 1. The third-order valence-corrected chi connectivity index (χ3v) is 2.11. The molecule has 0 heterocycles. The zero-order valence-electron chi connectivity index (χ0n) is 8.68. The molecule has 0 aliphatic rings. The highest BCUT2D eigenvalue weighted by Gasteiger charge is 2.17. The van der Waals surface area contributed by atoms with Crippen molar-refractivity contribution in [2.24, 2.45) is 0 Å². The summed E-state index contributed by atoms with van der Waals surface area (Å²) in [7, 11) is 0. The largest absolute Gasteiger partial charge is 0.348 e. The molecule has 0 unspecified atom stereocenters. The van der Waals surface area contributed by atoms with Crippen molar-refractivity contribution in [3.8, 4) is 0 Å². The van der Waals surface area contributed by atoms with Gasteiger partial charge in [0.15, 0.2) is 0 Å². The molecule has 0 radical (unpaired) electrons. The molecule has 0 aromatic heterocycles. The van der Waals surface area contributed by atoms with Crippen molar-refractivity contribution in [1.82, 2.24) is 10.2 Å². The molecule has 2 amide bonds. The Hall–Kier alpha value is -0.770. The number of nitrogens with zero attached hydrogens (tertiary/aromatic N) is 1. The lowest BCUT2D eigenvalue weighted by atomic mass is 10.4. The summed E-state index contributed by atoms with van der Waals surface area (Å²) in [6, 6.07) is 0. The lowest BCUT2D eigenvalue weighted by Crippen LogP contribution is -2.43. The van der Waals surface area contributed by atoms with Crippen LogP contribution in [-0.4, -0.2) is 42.2 Å². The number of carbonyl (C=O) groups excluding carboxylic acids is 2. The number of carbonyl (C=O) groups is 2. The third-order valence-electron chi connectivity index (χ3n) is 1.84. The Balaban J connectivity index is 3.91. The Labute approximate surface area is 89.6 Å². The molecular weight excluding hydrogens is 204 g/mol. The summed E-state index contributed by atoms with van der Waals surface area (Å²) in [6.07, 6.45) is 0.679.